The average molecular weight is 307 g/mol. The zero-order valence-electron chi connectivity index (χ0n) is 12.8. The second kappa shape index (κ2) is 5.81. The van der Waals surface area contributed by atoms with E-state index in [2.05, 4.69) is 25.3 Å². The molecule has 0 aliphatic carbocycles. The highest BCUT2D eigenvalue weighted by Crippen LogP contribution is 2.26. The van der Waals surface area contributed by atoms with Crippen molar-refractivity contribution < 1.29 is 4.74 Å². The number of rotatable bonds is 3. The molecule has 0 saturated heterocycles. The normalized spacial score (nSPS) is 16.8. The predicted molar refractivity (Wildman–Crippen MR) is 86.2 cm³/mol. The van der Waals surface area contributed by atoms with Crippen LogP contribution in [-0.4, -0.2) is 33.6 Å². The van der Waals surface area contributed by atoms with Crippen molar-refractivity contribution in [3.8, 4) is 17.1 Å². The molecule has 1 atom stereocenters. The van der Waals surface area contributed by atoms with Gasteiger partial charge in [-0.25, -0.2) is 15.0 Å². The zero-order valence-corrected chi connectivity index (χ0v) is 12.8. The molecule has 2 N–H and O–H groups in total. The van der Waals surface area contributed by atoms with Crippen LogP contribution in [0.1, 0.15) is 23.0 Å². The van der Waals surface area contributed by atoms with Crippen molar-refractivity contribution in [1.29, 1.82) is 0 Å². The van der Waals surface area contributed by atoms with Crippen LogP contribution in [0, 0.1) is 0 Å². The van der Waals surface area contributed by atoms with Gasteiger partial charge in [-0.1, -0.05) is 0 Å². The van der Waals surface area contributed by atoms with Crippen molar-refractivity contribution in [2.24, 2.45) is 0 Å². The molecule has 0 radical (unpaired) electrons. The van der Waals surface area contributed by atoms with E-state index in [0.717, 1.165) is 35.5 Å². The summed E-state index contributed by atoms with van der Waals surface area (Å²) in [6, 6.07) is 7.78. The highest BCUT2D eigenvalue weighted by molar-refractivity contribution is 5.56. The van der Waals surface area contributed by atoms with Crippen LogP contribution in [0.4, 0.5) is 0 Å². The number of hydrogen-bond acceptors (Lipinski definition) is 5. The minimum Gasteiger partial charge on any atom is -0.497 e. The summed E-state index contributed by atoms with van der Waals surface area (Å²) in [4.78, 5) is 16.6. The average Bonchev–Trinajstić information content (AvgIpc) is 3.11. The Kier molecular flexibility index (Phi) is 3.51. The SMILES string of the molecule is COc1ccc(-c2ncc(C3NCCc4[nH]cnc43)cn2)cc1. The number of fused-ring (bicyclic) bond motifs is 1. The van der Waals surface area contributed by atoms with Gasteiger partial charge in [0.15, 0.2) is 5.82 Å². The van der Waals surface area contributed by atoms with Crippen molar-refractivity contribution in [1.82, 2.24) is 25.3 Å². The van der Waals surface area contributed by atoms with Crippen LogP contribution >= 0.6 is 0 Å². The largest absolute Gasteiger partial charge is 0.497 e. The Bertz CT molecular complexity index is 795. The number of hydrogen-bond donors (Lipinski definition) is 2. The number of ether oxygens (including phenoxy) is 1. The molecule has 1 unspecified atom stereocenters. The van der Waals surface area contributed by atoms with Crippen LogP contribution in [0.15, 0.2) is 43.0 Å². The molecule has 116 valence electrons. The lowest BCUT2D eigenvalue weighted by Gasteiger charge is -2.22. The van der Waals surface area contributed by atoms with Gasteiger partial charge in [0, 0.05) is 42.2 Å². The molecule has 3 heterocycles. The Morgan fingerprint density at radius 2 is 1.87 bits per heavy atom. The molecule has 1 aliphatic rings. The van der Waals surface area contributed by atoms with Gasteiger partial charge in [-0.05, 0) is 24.3 Å². The fourth-order valence-corrected chi connectivity index (χ4v) is 2.87. The molecule has 0 fully saturated rings. The highest BCUT2D eigenvalue weighted by Gasteiger charge is 2.24. The van der Waals surface area contributed by atoms with E-state index < -0.39 is 0 Å². The van der Waals surface area contributed by atoms with Crippen LogP contribution < -0.4 is 10.1 Å². The number of aromatic amines is 1. The quantitative estimate of drug-likeness (QED) is 0.775. The number of H-pyrrole nitrogens is 1. The van der Waals surface area contributed by atoms with Crippen LogP contribution in [-0.2, 0) is 6.42 Å². The van der Waals surface area contributed by atoms with E-state index in [1.54, 1.807) is 13.4 Å². The molecule has 1 aromatic carbocycles. The number of benzene rings is 1. The minimum absolute atomic E-state index is 0.0508. The Labute approximate surface area is 134 Å². The number of aromatic nitrogens is 4. The molecule has 6 nitrogen and oxygen atoms in total. The summed E-state index contributed by atoms with van der Waals surface area (Å²) in [6.07, 6.45) is 6.45. The van der Waals surface area contributed by atoms with E-state index in [1.165, 1.54) is 5.69 Å². The summed E-state index contributed by atoms with van der Waals surface area (Å²) < 4.78 is 5.17. The van der Waals surface area contributed by atoms with Crippen LogP contribution in [0.5, 0.6) is 5.75 Å². The first kappa shape index (κ1) is 13.9. The second-order valence-corrected chi connectivity index (χ2v) is 5.47. The third-order valence-electron chi connectivity index (χ3n) is 4.10. The fourth-order valence-electron chi connectivity index (χ4n) is 2.87. The van der Waals surface area contributed by atoms with E-state index in [4.69, 9.17) is 4.74 Å². The van der Waals surface area contributed by atoms with Crippen molar-refractivity contribution in [2.75, 3.05) is 13.7 Å². The lowest BCUT2D eigenvalue weighted by molar-refractivity contribution is 0.415. The van der Waals surface area contributed by atoms with Crippen LogP contribution in [0.25, 0.3) is 11.4 Å². The van der Waals surface area contributed by atoms with Gasteiger partial charge in [-0.2, -0.15) is 0 Å². The molecule has 3 aromatic rings. The number of methoxy groups -OCH3 is 1. The first-order valence-corrected chi connectivity index (χ1v) is 7.57. The summed E-state index contributed by atoms with van der Waals surface area (Å²) in [5.74, 6) is 1.53. The molecule has 23 heavy (non-hydrogen) atoms. The standard InChI is InChI=1S/C17H17N5O/c1-23-13-4-2-11(3-5-13)17-19-8-12(9-20-17)15-16-14(6-7-18-15)21-10-22-16/h2-5,8-10,15,18H,6-7H2,1H3,(H,21,22). The van der Waals surface area contributed by atoms with E-state index in [-0.39, 0.29) is 6.04 Å². The third kappa shape index (κ3) is 2.57. The summed E-state index contributed by atoms with van der Waals surface area (Å²) in [6.45, 7) is 0.917. The maximum Gasteiger partial charge on any atom is 0.159 e. The van der Waals surface area contributed by atoms with E-state index in [9.17, 15) is 0 Å². The summed E-state index contributed by atoms with van der Waals surface area (Å²) >= 11 is 0. The Balaban J connectivity index is 1.61. The number of nitrogens with one attached hydrogen (secondary N) is 2. The van der Waals surface area contributed by atoms with Gasteiger partial charge >= 0.3 is 0 Å². The Hall–Kier alpha value is -2.73. The lowest BCUT2D eigenvalue weighted by atomic mass is 10.0. The Morgan fingerprint density at radius 3 is 2.61 bits per heavy atom. The summed E-state index contributed by atoms with van der Waals surface area (Å²) in [7, 11) is 1.65. The third-order valence-corrected chi connectivity index (χ3v) is 4.10. The second-order valence-electron chi connectivity index (χ2n) is 5.47. The maximum absolute atomic E-state index is 5.17. The Morgan fingerprint density at radius 1 is 1.09 bits per heavy atom. The smallest absolute Gasteiger partial charge is 0.159 e. The molecule has 2 aromatic heterocycles. The lowest BCUT2D eigenvalue weighted by Crippen LogP contribution is -2.30. The molecule has 4 rings (SSSR count). The molecule has 0 amide bonds. The summed E-state index contributed by atoms with van der Waals surface area (Å²) in [5.41, 5.74) is 4.22. The van der Waals surface area contributed by atoms with Crippen molar-refractivity contribution in [3.05, 3.63) is 59.9 Å². The van der Waals surface area contributed by atoms with Gasteiger partial charge in [-0.15, -0.1) is 0 Å². The van der Waals surface area contributed by atoms with Gasteiger partial charge in [0.1, 0.15) is 5.75 Å². The van der Waals surface area contributed by atoms with Gasteiger partial charge in [0.25, 0.3) is 0 Å². The first-order valence-electron chi connectivity index (χ1n) is 7.57. The first-order chi connectivity index (χ1) is 11.3. The monoisotopic (exact) mass is 307 g/mol. The van der Waals surface area contributed by atoms with Gasteiger partial charge in [0.2, 0.25) is 0 Å². The fraction of sp³-hybridized carbons (Fsp3) is 0.235. The van der Waals surface area contributed by atoms with Crippen molar-refractivity contribution in [3.63, 3.8) is 0 Å². The molecular weight excluding hydrogens is 290 g/mol. The van der Waals surface area contributed by atoms with Crippen LogP contribution in [0.2, 0.25) is 0 Å². The molecule has 0 saturated carbocycles. The van der Waals surface area contributed by atoms with E-state index in [1.807, 2.05) is 36.7 Å². The molecule has 0 spiro atoms. The number of imidazole rings is 1. The molecule has 6 heteroatoms. The summed E-state index contributed by atoms with van der Waals surface area (Å²) in [5, 5.41) is 3.47. The zero-order chi connectivity index (χ0) is 15.6. The van der Waals surface area contributed by atoms with Crippen molar-refractivity contribution in [2.45, 2.75) is 12.5 Å². The molecule has 0 bridgehead atoms. The topological polar surface area (TPSA) is 75.7 Å². The van der Waals surface area contributed by atoms with Gasteiger partial charge < -0.3 is 15.0 Å². The van der Waals surface area contributed by atoms with Crippen LogP contribution in [0.3, 0.4) is 0 Å². The van der Waals surface area contributed by atoms with Crippen molar-refractivity contribution >= 4 is 0 Å². The van der Waals surface area contributed by atoms with Gasteiger partial charge in [0.05, 0.1) is 25.2 Å². The van der Waals surface area contributed by atoms with Gasteiger partial charge in [-0.3, -0.25) is 0 Å². The highest BCUT2D eigenvalue weighted by atomic mass is 16.5. The minimum atomic E-state index is 0.0508. The molecular formula is C17H17N5O. The predicted octanol–water partition coefficient (Wildman–Crippen LogP) is 2.11. The molecule has 1 aliphatic heterocycles. The number of nitrogens with zero attached hydrogens (tertiary/aromatic N) is 3. The maximum atomic E-state index is 5.17. The van der Waals surface area contributed by atoms with E-state index >= 15 is 0 Å². The van der Waals surface area contributed by atoms with E-state index in [0.29, 0.717) is 5.82 Å².